The summed E-state index contributed by atoms with van der Waals surface area (Å²) in [4.78, 5) is 23.2. The summed E-state index contributed by atoms with van der Waals surface area (Å²) in [5.41, 5.74) is 1.31. The number of rotatable bonds is 9. The van der Waals surface area contributed by atoms with E-state index in [0.29, 0.717) is 11.6 Å². The van der Waals surface area contributed by atoms with Crippen LogP contribution in [0.1, 0.15) is 62.6 Å². The highest BCUT2D eigenvalue weighted by molar-refractivity contribution is 5.92. The highest BCUT2D eigenvalue weighted by Crippen LogP contribution is 2.09. The fourth-order valence-electron chi connectivity index (χ4n) is 2.15. The third-order valence-corrected chi connectivity index (χ3v) is 3.16. The van der Waals surface area contributed by atoms with Gasteiger partial charge in [0.2, 0.25) is 5.95 Å². The molecule has 5 heteroatoms. The molecule has 1 amide bonds. The quantitative estimate of drug-likeness (QED) is 0.710. The molecule has 21 heavy (non-hydrogen) atoms. The average molecular weight is 292 g/mol. The van der Waals surface area contributed by atoms with Gasteiger partial charge in [-0.15, -0.1) is 0 Å². The minimum Gasteiger partial charge on any atom is -0.354 e. The van der Waals surface area contributed by atoms with E-state index in [1.54, 1.807) is 6.07 Å². The number of carbonyl (C=O) groups is 1. The Morgan fingerprint density at radius 2 is 1.81 bits per heavy atom. The molecule has 1 aromatic heterocycles. The largest absolute Gasteiger partial charge is 0.354 e. The SMILES string of the molecule is CCCCNc1nc(C)cc(C(=O)N(CCC)CCC)n1. The summed E-state index contributed by atoms with van der Waals surface area (Å²) >= 11 is 0. The summed E-state index contributed by atoms with van der Waals surface area (Å²) in [6.45, 7) is 10.6. The van der Waals surface area contributed by atoms with Gasteiger partial charge in [0.05, 0.1) is 0 Å². The molecule has 0 aliphatic carbocycles. The van der Waals surface area contributed by atoms with Crippen LogP contribution in [0.2, 0.25) is 0 Å². The lowest BCUT2D eigenvalue weighted by molar-refractivity contribution is 0.0749. The molecule has 0 unspecified atom stereocenters. The molecular formula is C16H28N4O. The summed E-state index contributed by atoms with van der Waals surface area (Å²) in [6.07, 6.45) is 4.10. The predicted octanol–water partition coefficient (Wildman–Crippen LogP) is 3.26. The third kappa shape index (κ3) is 5.69. The van der Waals surface area contributed by atoms with E-state index < -0.39 is 0 Å². The molecule has 0 spiro atoms. The van der Waals surface area contributed by atoms with E-state index >= 15 is 0 Å². The maximum atomic E-state index is 12.6. The second-order valence-corrected chi connectivity index (χ2v) is 5.29. The maximum absolute atomic E-state index is 12.6. The zero-order chi connectivity index (χ0) is 15.7. The standard InChI is InChI=1S/C16H28N4O/c1-5-8-9-17-16-18-13(4)12-14(19-16)15(21)20(10-6-2)11-7-3/h12H,5-11H2,1-4H3,(H,17,18,19). The Morgan fingerprint density at radius 1 is 1.14 bits per heavy atom. The van der Waals surface area contributed by atoms with Gasteiger partial charge in [-0.2, -0.15) is 0 Å². The molecule has 5 nitrogen and oxygen atoms in total. The first-order valence-electron chi connectivity index (χ1n) is 8.01. The molecule has 0 fully saturated rings. The minimum atomic E-state index is 0.00254. The van der Waals surface area contributed by atoms with Crippen molar-refractivity contribution in [2.45, 2.75) is 53.4 Å². The smallest absolute Gasteiger partial charge is 0.272 e. The van der Waals surface area contributed by atoms with Crippen molar-refractivity contribution in [2.24, 2.45) is 0 Å². The van der Waals surface area contributed by atoms with Crippen LogP contribution >= 0.6 is 0 Å². The number of hydrogen-bond acceptors (Lipinski definition) is 4. The van der Waals surface area contributed by atoms with Gasteiger partial charge in [-0.3, -0.25) is 4.79 Å². The molecule has 1 aromatic rings. The first kappa shape index (κ1) is 17.4. The van der Waals surface area contributed by atoms with E-state index in [1.807, 2.05) is 11.8 Å². The Morgan fingerprint density at radius 3 is 2.38 bits per heavy atom. The second kappa shape index (κ2) is 9.32. The number of aromatic nitrogens is 2. The normalized spacial score (nSPS) is 10.5. The van der Waals surface area contributed by atoms with Crippen LogP contribution in [0, 0.1) is 6.92 Å². The van der Waals surface area contributed by atoms with Gasteiger partial charge in [0.15, 0.2) is 0 Å². The van der Waals surface area contributed by atoms with Crippen molar-refractivity contribution in [3.8, 4) is 0 Å². The van der Waals surface area contributed by atoms with Crippen LogP contribution in [-0.4, -0.2) is 40.4 Å². The van der Waals surface area contributed by atoms with Crippen molar-refractivity contribution in [1.29, 1.82) is 0 Å². The predicted molar refractivity (Wildman–Crippen MR) is 86.7 cm³/mol. The zero-order valence-corrected chi connectivity index (χ0v) is 13.8. The van der Waals surface area contributed by atoms with Crippen molar-refractivity contribution in [3.05, 3.63) is 17.5 Å². The Kier molecular flexibility index (Phi) is 7.72. The molecule has 1 rings (SSSR count). The fourth-order valence-corrected chi connectivity index (χ4v) is 2.15. The van der Waals surface area contributed by atoms with Gasteiger partial charge in [-0.25, -0.2) is 9.97 Å². The minimum absolute atomic E-state index is 0.00254. The number of hydrogen-bond donors (Lipinski definition) is 1. The lowest BCUT2D eigenvalue weighted by Gasteiger charge is -2.21. The molecule has 0 bridgehead atoms. The molecule has 0 radical (unpaired) electrons. The highest BCUT2D eigenvalue weighted by Gasteiger charge is 2.17. The molecule has 0 saturated carbocycles. The van der Waals surface area contributed by atoms with Gasteiger partial charge in [0.1, 0.15) is 5.69 Å². The number of unbranched alkanes of at least 4 members (excludes halogenated alkanes) is 1. The van der Waals surface area contributed by atoms with Gasteiger partial charge in [-0.1, -0.05) is 27.2 Å². The van der Waals surface area contributed by atoms with E-state index in [4.69, 9.17) is 0 Å². The second-order valence-electron chi connectivity index (χ2n) is 5.29. The number of carbonyl (C=O) groups excluding carboxylic acids is 1. The van der Waals surface area contributed by atoms with Crippen molar-refractivity contribution < 1.29 is 4.79 Å². The van der Waals surface area contributed by atoms with E-state index in [0.717, 1.165) is 51.0 Å². The summed E-state index contributed by atoms with van der Waals surface area (Å²) in [5.74, 6) is 0.558. The molecular weight excluding hydrogens is 264 g/mol. The number of amides is 1. The molecule has 1 N–H and O–H groups in total. The zero-order valence-electron chi connectivity index (χ0n) is 13.8. The fraction of sp³-hybridized carbons (Fsp3) is 0.688. The van der Waals surface area contributed by atoms with Crippen LogP contribution in [0.25, 0.3) is 0 Å². The molecule has 0 atom stereocenters. The topological polar surface area (TPSA) is 58.1 Å². The first-order valence-corrected chi connectivity index (χ1v) is 8.01. The number of anilines is 1. The Hall–Kier alpha value is -1.65. The molecule has 0 saturated heterocycles. The molecule has 118 valence electrons. The lowest BCUT2D eigenvalue weighted by atomic mass is 10.2. The van der Waals surface area contributed by atoms with Crippen LogP contribution in [0.15, 0.2) is 6.07 Å². The monoisotopic (exact) mass is 292 g/mol. The molecule has 0 aliphatic heterocycles. The first-order chi connectivity index (χ1) is 10.1. The van der Waals surface area contributed by atoms with Crippen LogP contribution in [-0.2, 0) is 0 Å². The van der Waals surface area contributed by atoms with Crippen LogP contribution in [0.4, 0.5) is 5.95 Å². The number of aryl methyl sites for hydroxylation is 1. The van der Waals surface area contributed by atoms with Gasteiger partial charge in [-0.05, 0) is 32.3 Å². The van der Waals surface area contributed by atoms with Crippen LogP contribution in [0.3, 0.4) is 0 Å². The summed E-state index contributed by atoms with van der Waals surface area (Å²) in [6, 6.07) is 1.77. The van der Waals surface area contributed by atoms with E-state index in [-0.39, 0.29) is 5.91 Å². The molecule has 1 heterocycles. The van der Waals surface area contributed by atoms with Crippen molar-refractivity contribution in [1.82, 2.24) is 14.9 Å². The number of nitrogens with one attached hydrogen (secondary N) is 1. The van der Waals surface area contributed by atoms with Crippen molar-refractivity contribution in [3.63, 3.8) is 0 Å². The van der Waals surface area contributed by atoms with Gasteiger partial charge < -0.3 is 10.2 Å². The van der Waals surface area contributed by atoms with Gasteiger partial charge in [0.25, 0.3) is 5.91 Å². The Bertz CT molecular complexity index is 442. The average Bonchev–Trinajstić information content (AvgIpc) is 2.46. The molecule has 0 aliphatic rings. The van der Waals surface area contributed by atoms with Crippen molar-refractivity contribution >= 4 is 11.9 Å². The van der Waals surface area contributed by atoms with Gasteiger partial charge >= 0.3 is 0 Å². The Labute approximate surface area is 128 Å². The van der Waals surface area contributed by atoms with Crippen LogP contribution in [0.5, 0.6) is 0 Å². The van der Waals surface area contributed by atoms with E-state index in [1.165, 1.54) is 0 Å². The van der Waals surface area contributed by atoms with Crippen LogP contribution < -0.4 is 5.32 Å². The maximum Gasteiger partial charge on any atom is 0.272 e. The summed E-state index contributed by atoms with van der Waals surface area (Å²) < 4.78 is 0. The van der Waals surface area contributed by atoms with E-state index in [9.17, 15) is 4.79 Å². The molecule has 0 aromatic carbocycles. The third-order valence-electron chi connectivity index (χ3n) is 3.16. The Balaban J connectivity index is 2.86. The number of nitrogens with zero attached hydrogens (tertiary/aromatic N) is 3. The highest BCUT2D eigenvalue weighted by atomic mass is 16.2. The lowest BCUT2D eigenvalue weighted by Crippen LogP contribution is -2.33. The van der Waals surface area contributed by atoms with E-state index in [2.05, 4.69) is 36.1 Å². The van der Waals surface area contributed by atoms with Crippen molar-refractivity contribution in [2.75, 3.05) is 25.0 Å². The summed E-state index contributed by atoms with van der Waals surface area (Å²) in [5, 5.41) is 3.19. The summed E-state index contributed by atoms with van der Waals surface area (Å²) in [7, 11) is 0. The van der Waals surface area contributed by atoms with Gasteiger partial charge in [0, 0.05) is 25.3 Å².